The number of hydrogen-bond acceptors (Lipinski definition) is 2. The molecule has 1 heterocycles. The molecule has 0 amide bonds. The summed E-state index contributed by atoms with van der Waals surface area (Å²) in [6, 6.07) is 15.5. The Morgan fingerprint density at radius 3 is 2.80 bits per heavy atom. The average molecular weight is 266 g/mol. The van der Waals surface area contributed by atoms with Crippen molar-refractivity contribution in [3.8, 4) is 0 Å². The third-order valence-corrected chi connectivity index (χ3v) is 4.20. The smallest absolute Gasteiger partial charge is 0.0419 e. The lowest BCUT2D eigenvalue weighted by Crippen LogP contribution is -2.35. The number of hydrogen-bond donors (Lipinski definition) is 1. The summed E-state index contributed by atoms with van der Waals surface area (Å²) in [6.45, 7) is 3.20. The van der Waals surface area contributed by atoms with E-state index in [0.29, 0.717) is 6.04 Å². The van der Waals surface area contributed by atoms with Gasteiger partial charge in [0, 0.05) is 24.4 Å². The Bertz CT molecular complexity index is 550. The van der Waals surface area contributed by atoms with Gasteiger partial charge in [-0.2, -0.15) is 0 Å². The molecule has 2 heteroatoms. The molecule has 3 rings (SSSR count). The normalized spacial score (nSPS) is 18.1. The van der Waals surface area contributed by atoms with Gasteiger partial charge < -0.3 is 5.32 Å². The highest BCUT2D eigenvalue weighted by molar-refractivity contribution is 5.40. The third kappa shape index (κ3) is 2.91. The number of pyridine rings is 1. The minimum Gasteiger partial charge on any atom is -0.314 e. The fourth-order valence-corrected chi connectivity index (χ4v) is 3.22. The summed E-state index contributed by atoms with van der Waals surface area (Å²) < 4.78 is 0. The monoisotopic (exact) mass is 266 g/mol. The summed E-state index contributed by atoms with van der Waals surface area (Å²) in [5, 5.41) is 3.62. The number of fused-ring (bicyclic) bond motifs is 1. The van der Waals surface area contributed by atoms with Crippen LogP contribution in [0.15, 0.2) is 48.7 Å². The molecule has 1 aromatic heterocycles. The van der Waals surface area contributed by atoms with E-state index in [0.717, 1.165) is 18.9 Å². The predicted octanol–water partition coefficient (Wildman–Crippen LogP) is 3.33. The topological polar surface area (TPSA) is 24.9 Å². The second-order valence-electron chi connectivity index (χ2n) is 5.62. The fraction of sp³-hybridized carbons (Fsp3) is 0.389. The molecule has 20 heavy (non-hydrogen) atoms. The Labute approximate surface area is 121 Å². The third-order valence-electron chi connectivity index (χ3n) is 4.20. The molecule has 2 atom stereocenters. The van der Waals surface area contributed by atoms with Gasteiger partial charge in [-0.1, -0.05) is 37.3 Å². The summed E-state index contributed by atoms with van der Waals surface area (Å²) in [4.78, 5) is 4.46. The van der Waals surface area contributed by atoms with Crippen molar-refractivity contribution in [2.24, 2.45) is 0 Å². The molecule has 1 N–H and O–H groups in total. The SMILES string of the molecule is CCNC(Cc1ccccn1)CC1Cc2ccccc21. The first-order chi connectivity index (χ1) is 9.86. The molecule has 2 nitrogen and oxygen atoms in total. The predicted molar refractivity (Wildman–Crippen MR) is 82.9 cm³/mol. The first kappa shape index (κ1) is 13.3. The fourth-order valence-electron chi connectivity index (χ4n) is 3.22. The first-order valence-corrected chi connectivity index (χ1v) is 7.58. The van der Waals surface area contributed by atoms with Gasteiger partial charge in [-0.3, -0.25) is 4.98 Å². The summed E-state index contributed by atoms with van der Waals surface area (Å²) >= 11 is 0. The Morgan fingerprint density at radius 1 is 1.20 bits per heavy atom. The molecule has 0 spiro atoms. The van der Waals surface area contributed by atoms with Gasteiger partial charge in [0.25, 0.3) is 0 Å². The van der Waals surface area contributed by atoms with Crippen molar-refractivity contribution in [3.63, 3.8) is 0 Å². The van der Waals surface area contributed by atoms with Crippen LogP contribution in [0.1, 0.15) is 36.1 Å². The zero-order valence-electron chi connectivity index (χ0n) is 12.0. The van der Waals surface area contributed by atoms with E-state index in [1.807, 2.05) is 12.3 Å². The van der Waals surface area contributed by atoms with Gasteiger partial charge in [0.1, 0.15) is 0 Å². The van der Waals surface area contributed by atoms with Crippen LogP contribution < -0.4 is 5.32 Å². The van der Waals surface area contributed by atoms with Crippen molar-refractivity contribution < 1.29 is 0 Å². The van der Waals surface area contributed by atoms with Gasteiger partial charge in [0.05, 0.1) is 0 Å². The molecule has 0 radical (unpaired) electrons. The minimum atomic E-state index is 0.522. The van der Waals surface area contributed by atoms with Crippen LogP contribution in [0.25, 0.3) is 0 Å². The van der Waals surface area contributed by atoms with Gasteiger partial charge in [-0.15, -0.1) is 0 Å². The Hall–Kier alpha value is -1.67. The highest BCUT2D eigenvalue weighted by atomic mass is 14.9. The molecular formula is C18H22N2. The van der Waals surface area contributed by atoms with E-state index in [-0.39, 0.29) is 0 Å². The maximum Gasteiger partial charge on any atom is 0.0419 e. The molecular weight excluding hydrogens is 244 g/mol. The Morgan fingerprint density at radius 2 is 2.05 bits per heavy atom. The highest BCUT2D eigenvalue weighted by Gasteiger charge is 2.27. The largest absolute Gasteiger partial charge is 0.314 e. The van der Waals surface area contributed by atoms with E-state index in [1.54, 1.807) is 5.56 Å². The first-order valence-electron chi connectivity index (χ1n) is 7.58. The van der Waals surface area contributed by atoms with E-state index < -0.39 is 0 Å². The minimum absolute atomic E-state index is 0.522. The molecule has 1 aliphatic rings. The lowest BCUT2D eigenvalue weighted by atomic mass is 9.74. The second kappa shape index (κ2) is 6.19. The lowest BCUT2D eigenvalue weighted by Gasteiger charge is -2.33. The van der Waals surface area contributed by atoms with Gasteiger partial charge >= 0.3 is 0 Å². The van der Waals surface area contributed by atoms with Gasteiger partial charge in [0.15, 0.2) is 0 Å². The Kier molecular flexibility index (Phi) is 4.12. The van der Waals surface area contributed by atoms with Crippen LogP contribution in [-0.2, 0) is 12.8 Å². The molecule has 0 aliphatic heterocycles. The molecule has 0 saturated carbocycles. The van der Waals surface area contributed by atoms with E-state index in [4.69, 9.17) is 0 Å². The van der Waals surface area contributed by atoms with Crippen LogP contribution in [0, 0.1) is 0 Å². The van der Waals surface area contributed by atoms with Crippen molar-refractivity contribution in [2.75, 3.05) is 6.54 Å². The number of nitrogens with one attached hydrogen (secondary N) is 1. The molecule has 1 aliphatic carbocycles. The van der Waals surface area contributed by atoms with Crippen LogP contribution in [-0.4, -0.2) is 17.6 Å². The average Bonchev–Trinajstić information content (AvgIpc) is 2.46. The lowest BCUT2D eigenvalue weighted by molar-refractivity contribution is 0.420. The molecule has 0 saturated heterocycles. The van der Waals surface area contributed by atoms with E-state index in [2.05, 4.69) is 53.6 Å². The maximum atomic E-state index is 4.46. The van der Waals surface area contributed by atoms with E-state index >= 15 is 0 Å². The van der Waals surface area contributed by atoms with Crippen LogP contribution in [0.2, 0.25) is 0 Å². The summed E-state index contributed by atoms with van der Waals surface area (Å²) in [7, 11) is 0. The standard InChI is InChI=1S/C18H22N2/c1-2-19-17(13-16-8-5-6-10-20-16)12-15-11-14-7-3-4-9-18(14)15/h3-10,15,17,19H,2,11-13H2,1H3. The van der Waals surface area contributed by atoms with Crippen LogP contribution in [0.3, 0.4) is 0 Å². The number of rotatable bonds is 6. The van der Waals surface area contributed by atoms with Crippen molar-refractivity contribution in [1.82, 2.24) is 10.3 Å². The van der Waals surface area contributed by atoms with Crippen molar-refractivity contribution in [2.45, 2.75) is 38.1 Å². The zero-order valence-corrected chi connectivity index (χ0v) is 12.0. The van der Waals surface area contributed by atoms with Crippen LogP contribution >= 0.6 is 0 Å². The van der Waals surface area contributed by atoms with Gasteiger partial charge in [-0.05, 0) is 48.6 Å². The van der Waals surface area contributed by atoms with Crippen molar-refractivity contribution >= 4 is 0 Å². The van der Waals surface area contributed by atoms with Crippen LogP contribution in [0.5, 0.6) is 0 Å². The summed E-state index contributed by atoms with van der Waals surface area (Å²) in [5.74, 6) is 0.721. The molecule has 1 aromatic carbocycles. The second-order valence-corrected chi connectivity index (χ2v) is 5.62. The molecule has 0 fully saturated rings. The zero-order chi connectivity index (χ0) is 13.8. The number of aromatic nitrogens is 1. The van der Waals surface area contributed by atoms with Crippen molar-refractivity contribution in [1.29, 1.82) is 0 Å². The molecule has 104 valence electrons. The summed E-state index contributed by atoms with van der Waals surface area (Å²) in [5.41, 5.74) is 4.27. The van der Waals surface area contributed by atoms with Gasteiger partial charge in [0.2, 0.25) is 0 Å². The number of benzene rings is 1. The van der Waals surface area contributed by atoms with E-state index in [1.165, 1.54) is 24.1 Å². The van der Waals surface area contributed by atoms with E-state index in [9.17, 15) is 0 Å². The maximum absolute atomic E-state index is 4.46. The summed E-state index contributed by atoms with van der Waals surface area (Å²) in [6.07, 6.45) is 5.35. The van der Waals surface area contributed by atoms with Crippen LogP contribution in [0.4, 0.5) is 0 Å². The number of nitrogens with zero attached hydrogens (tertiary/aromatic N) is 1. The Balaban J connectivity index is 1.64. The number of likely N-dealkylation sites (N-methyl/N-ethyl adjacent to an activating group) is 1. The van der Waals surface area contributed by atoms with Gasteiger partial charge in [-0.25, -0.2) is 0 Å². The van der Waals surface area contributed by atoms with Crippen molar-refractivity contribution in [3.05, 3.63) is 65.5 Å². The molecule has 2 aromatic rings. The molecule has 0 bridgehead atoms. The quantitative estimate of drug-likeness (QED) is 0.867. The highest BCUT2D eigenvalue weighted by Crippen LogP contribution is 2.38. The molecule has 2 unspecified atom stereocenters.